The molecule has 0 heterocycles. The molecule has 5 heteroatoms. The molecule has 1 N–H and O–H groups in total. The van der Waals surface area contributed by atoms with Gasteiger partial charge in [-0.15, -0.1) is 0 Å². The zero-order valence-corrected chi connectivity index (χ0v) is 11.0. The van der Waals surface area contributed by atoms with Gasteiger partial charge in [-0.05, 0) is 25.7 Å². The van der Waals surface area contributed by atoms with E-state index in [4.69, 9.17) is 0 Å². The summed E-state index contributed by atoms with van der Waals surface area (Å²) in [6.45, 7) is 3.47. The Bertz CT molecular complexity index is 279. The Morgan fingerprint density at radius 3 is 2.44 bits per heavy atom. The van der Waals surface area contributed by atoms with Crippen LogP contribution in [0.5, 0.6) is 0 Å². The molecule has 4 nitrogen and oxygen atoms in total. The zero-order valence-electron chi connectivity index (χ0n) is 10.1. The molecule has 0 bridgehead atoms. The van der Waals surface area contributed by atoms with Crippen LogP contribution < -0.4 is 5.32 Å². The summed E-state index contributed by atoms with van der Waals surface area (Å²) in [5, 5.41) is 2.62. The molecule has 0 aromatic carbocycles. The molecule has 1 rings (SSSR count). The number of nitrogens with zero attached hydrogens (tertiary/aromatic N) is 1. The summed E-state index contributed by atoms with van der Waals surface area (Å²) in [5.74, 6) is 0.719. The Kier molecular flexibility index (Phi) is 4.65. The summed E-state index contributed by atoms with van der Waals surface area (Å²) in [6.07, 6.45) is 2.40. The second-order valence-corrected chi connectivity index (χ2v) is 4.83. The molecule has 1 aliphatic rings. The lowest BCUT2D eigenvalue weighted by Gasteiger charge is -2.28. The molecular formula is C11H20N2O2S. The molecule has 16 heavy (non-hydrogen) atoms. The van der Waals surface area contributed by atoms with E-state index in [1.54, 1.807) is 11.9 Å². The number of thiol groups is 1. The molecule has 2 amide bonds. The van der Waals surface area contributed by atoms with Crippen molar-refractivity contribution in [3.05, 3.63) is 0 Å². The van der Waals surface area contributed by atoms with Gasteiger partial charge in [0.05, 0.1) is 0 Å². The van der Waals surface area contributed by atoms with Gasteiger partial charge in [0.15, 0.2) is 0 Å². The van der Waals surface area contributed by atoms with E-state index in [1.807, 2.05) is 0 Å². The van der Waals surface area contributed by atoms with Crippen molar-refractivity contribution in [3.63, 3.8) is 0 Å². The van der Waals surface area contributed by atoms with Crippen LogP contribution in [-0.4, -0.2) is 41.6 Å². The first-order valence-corrected chi connectivity index (χ1v) is 6.25. The van der Waals surface area contributed by atoms with E-state index in [9.17, 15) is 9.59 Å². The normalized spacial score (nSPS) is 18.8. The van der Waals surface area contributed by atoms with E-state index in [0.29, 0.717) is 11.7 Å². The first kappa shape index (κ1) is 13.4. The van der Waals surface area contributed by atoms with Crippen LogP contribution in [0, 0.1) is 5.92 Å². The lowest BCUT2D eigenvalue weighted by molar-refractivity contribution is -0.136. The molecule has 92 valence electrons. The highest BCUT2D eigenvalue weighted by molar-refractivity contribution is 7.80. The Morgan fingerprint density at radius 1 is 1.50 bits per heavy atom. The molecule has 0 aromatic rings. The van der Waals surface area contributed by atoms with E-state index >= 15 is 0 Å². The van der Waals surface area contributed by atoms with Crippen molar-refractivity contribution in [1.82, 2.24) is 10.2 Å². The first-order chi connectivity index (χ1) is 7.47. The average Bonchev–Trinajstić information content (AvgIpc) is 3.06. The lowest BCUT2D eigenvalue weighted by Crippen LogP contribution is -2.50. The molecule has 2 unspecified atom stereocenters. The maximum atomic E-state index is 12.0. The summed E-state index contributed by atoms with van der Waals surface area (Å²) < 4.78 is 0. The number of likely N-dealkylation sites (N-methyl/N-ethyl adjacent to an activating group) is 1. The molecule has 1 aliphatic carbocycles. The highest BCUT2D eigenvalue weighted by atomic mass is 32.1. The highest BCUT2D eigenvalue weighted by Crippen LogP contribution is 2.34. The average molecular weight is 244 g/mol. The third kappa shape index (κ3) is 3.40. The van der Waals surface area contributed by atoms with Gasteiger partial charge < -0.3 is 10.2 Å². The maximum Gasteiger partial charge on any atom is 0.245 e. The molecule has 0 radical (unpaired) electrons. The van der Waals surface area contributed by atoms with Crippen molar-refractivity contribution in [2.75, 3.05) is 12.8 Å². The second-order valence-electron chi connectivity index (χ2n) is 4.46. The molecule has 2 atom stereocenters. The third-order valence-corrected chi connectivity index (χ3v) is 3.49. The Morgan fingerprint density at radius 2 is 2.06 bits per heavy atom. The number of nitrogens with one attached hydrogen (secondary N) is 1. The summed E-state index contributed by atoms with van der Waals surface area (Å²) in [7, 11) is 1.80. The maximum absolute atomic E-state index is 12.0. The molecule has 1 saturated carbocycles. The van der Waals surface area contributed by atoms with Crippen molar-refractivity contribution in [2.45, 2.75) is 38.8 Å². The summed E-state index contributed by atoms with van der Waals surface area (Å²) in [6, 6.07) is -0.254. The van der Waals surface area contributed by atoms with Crippen LogP contribution in [0.1, 0.15) is 26.7 Å². The number of hydrogen-bond donors (Lipinski definition) is 2. The number of carbonyl (C=O) groups excluding carboxylic acids is 2. The minimum atomic E-state index is -0.507. The van der Waals surface area contributed by atoms with Gasteiger partial charge in [0.25, 0.3) is 0 Å². The molecule has 0 aromatic heterocycles. The minimum Gasteiger partial charge on any atom is -0.344 e. The van der Waals surface area contributed by atoms with Gasteiger partial charge in [-0.1, -0.05) is 0 Å². The number of carbonyl (C=O) groups is 2. The van der Waals surface area contributed by atoms with Gasteiger partial charge in [0, 0.05) is 25.8 Å². The predicted octanol–water partition coefficient (Wildman–Crippen LogP) is 0.678. The third-order valence-electron chi connectivity index (χ3n) is 3.12. The Hall–Kier alpha value is -0.710. The van der Waals surface area contributed by atoms with Gasteiger partial charge >= 0.3 is 0 Å². The van der Waals surface area contributed by atoms with Crippen molar-refractivity contribution >= 4 is 24.4 Å². The van der Waals surface area contributed by atoms with Crippen molar-refractivity contribution in [1.29, 1.82) is 0 Å². The second kappa shape index (κ2) is 5.57. The molecule has 0 spiro atoms. The highest BCUT2D eigenvalue weighted by Gasteiger charge is 2.34. The molecule has 0 saturated heterocycles. The Labute approximate surface area is 102 Å². The Balaban J connectivity index is 2.55. The monoisotopic (exact) mass is 244 g/mol. The van der Waals surface area contributed by atoms with Crippen LogP contribution in [0.4, 0.5) is 0 Å². The fraction of sp³-hybridized carbons (Fsp3) is 0.818. The number of amides is 2. The summed E-state index contributed by atoms with van der Waals surface area (Å²) >= 11 is 4.10. The van der Waals surface area contributed by atoms with Gasteiger partial charge in [0.2, 0.25) is 11.8 Å². The zero-order chi connectivity index (χ0) is 12.3. The van der Waals surface area contributed by atoms with Crippen LogP contribution in [-0.2, 0) is 9.59 Å². The SMILES string of the molecule is CC(=O)NC(CS)C(=O)N(C)C(C)C1CC1. The van der Waals surface area contributed by atoms with E-state index in [-0.39, 0.29) is 17.9 Å². The quantitative estimate of drug-likeness (QED) is 0.699. The van der Waals surface area contributed by atoms with Crippen molar-refractivity contribution in [3.8, 4) is 0 Å². The van der Waals surface area contributed by atoms with Gasteiger partial charge in [0.1, 0.15) is 6.04 Å². The standard InChI is InChI=1S/C11H20N2O2S/c1-7(9-4-5-9)13(3)11(15)10(6-16)12-8(2)14/h7,9-10,16H,4-6H2,1-3H3,(H,12,14). The van der Waals surface area contributed by atoms with Crippen molar-refractivity contribution < 1.29 is 9.59 Å². The van der Waals surface area contributed by atoms with E-state index in [2.05, 4.69) is 24.9 Å². The topological polar surface area (TPSA) is 49.4 Å². The van der Waals surface area contributed by atoms with E-state index in [0.717, 1.165) is 0 Å². The van der Waals surface area contributed by atoms with Crippen LogP contribution in [0.3, 0.4) is 0 Å². The molecule has 1 fully saturated rings. The van der Waals surface area contributed by atoms with Crippen LogP contribution in [0.2, 0.25) is 0 Å². The van der Waals surface area contributed by atoms with Crippen LogP contribution >= 0.6 is 12.6 Å². The van der Waals surface area contributed by atoms with Crippen LogP contribution in [0.25, 0.3) is 0 Å². The molecule has 0 aliphatic heterocycles. The summed E-state index contributed by atoms with van der Waals surface area (Å²) in [4.78, 5) is 24.7. The van der Waals surface area contributed by atoms with E-state index in [1.165, 1.54) is 19.8 Å². The largest absolute Gasteiger partial charge is 0.344 e. The summed E-state index contributed by atoms with van der Waals surface area (Å²) in [5.41, 5.74) is 0. The smallest absolute Gasteiger partial charge is 0.245 e. The van der Waals surface area contributed by atoms with Crippen LogP contribution in [0.15, 0.2) is 0 Å². The first-order valence-electron chi connectivity index (χ1n) is 5.62. The molecular weight excluding hydrogens is 224 g/mol. The van der Waals surface area contributed by atoms with E-state index < -0.39 is 6.04 Å². The van der Waals surface area contributed by atoms with Gasteiger partial charge in [-0.25, -0.2) is 0 Å². The minimum absolute atomic E-state index is 0.0513. The predicted molar refractivity (Wildman–Crippen MR) is 66.4 cm³/mol. The van der Waals surface area contributed by atoms with Gasteiger partial charge in [-0.3, -0.25) is 9.59 Å². The fourth-order valence-corrected chi connectivity index (χ4v) is 2.02. The number of hydrogen-bond acceptors (Lipinski definition) is 3. The number of rotatable bonds is 5. The van der Waals surface area contributed by atoms with Gasteiger partial charge in [-0.2, -0.15) is 12.6 Å². The fourth-order valence-electron chi connectivity index (χ4n) is 1.77. The lowest BCUT2D eigenvalue weighted by atomic mass is 10.1. The van der Waals surface area contributed by atoms with Crippen molar-refractivity contribution in [2.24, 2.45) is 5.92 Å².